The van der Waals surface area contributed by atoms with E-state index < -0.39 is 24.0 Å². The minimum Gasteiger partial charge on any atom is -0.395 e. The maximum atomic E-state index is 12.2. The SMILES string of the molecule is C[C@@H](O)[C@H](NC(=O)c1ccc(C#CC#CC2CN(CCO)C2)cc1)C(=O)NO. The van der Waals surface area contributed by atoms with Crippen molar-refractivity contribution in [2.75, 3.05) is 26.2 Å². The Labute approximate surface area is 163 Å². The topological polar surface area (TPSA) is 122 Å². The molecule has 1 aromatic rings. The average molecular weight is 385 g/mol. The third-order valence-corrected chi connectivity index (χ3v) is 4.23. The summed E-state index contributed by atoms with van der Waals surface area (Å²) in [5, 5.41) is 29.4. The molecular weight excluding hydrogens is 362 g/mol. The van der Waals surface area contributed by atoms with E-state index in [9.17, 15) is 14.7 Å². The summed E-state index contributed by atoms with van der Waals surface area (Å²) in [5.41, 5.74) is 2.37. The molecule has 0 aliphatic carbocycles. The van der Waals surface area contributed by atoms with Crippen LogP contribution < -0.4 is 10.8 Å². The predicted octanol–water partition coefficient (Wildman–Crippen LogP) is -1.05. The number of rotatable bonds is 6. The molecule has 1 fully saturated rings. The van der Waals surface area contributed by atoms with E-state index in [1.54, 1.807) is 24.3 Å². The molecule has 0 aromatic heterocycles. The van der Waals surface area contributed by atoms with Crippen molar-refractivity contribution in [3.05, 3.63) is 35.4 Å². The van der Waals surface area contributed by atoms with Crippen LogP contribution in [0.25, 0.3) is 0 Å². The molecule has 28 heavy (non-hydrogen) atoms. The molecule has 0 radical (unpaired) electrons. The first-order valence-electron chi connectivity index (χ1n) is 8.82. The van der Waals surface area contributed by atoms with Crippen LogP contribution in [-0.4, -0.2) is 70.5 Å². The van der Waals surface area contributed by atoms with Crippen LogP contribution in [0.15, 0.2) is 24.3 Å². The normalized spacial score (nSPS) is 15.7. The molecule has 0 saturated carbocycles. The summed E-state index contributed by atoms with van der Waals surface area (Å²) in [6.07, 6.45) is -1.17. The summed E-state index contributed by atoms with van der Waals surface area (Å²) < 4.78 is 0. The van der Waals surface area contributed by atoms with Gasteiger partial charge in [0, 0.05) is 36.7 Å². The first-order valence-corrected chi connectivity index (χ1v) is 8.82. The predicted molar refractivity (Wildman–Crippen MR) is 101 cm³/mol. The summed E-state index contributed by atoms with van der Waals surface area (Å²) in [5.74, 6) is 10.4. The molecule has 1 heterocycles. The van der Waals surface area contributed by atoms with Crippen molar-refractivity contribution in [1.29, 1.82) is 0 Å². The zero-order valence-electron chi connectivity index (χ0n) is 15.5. The number of likely N-dealkylation sites (tertiary alicyclic amines) is 1. The van der Waals surface area contributed by atoms with Crippen LogP contribution in [0.5, 0.6) is 0 Å². The fraction of sp³-hybridized carbons (Fsp3) is 0.400. The second-order valence-corrected chi connectivity index (χ2v) is 6.44. The van der Waals surface area contributed by atoms with Gasteiger partial charge in [0.25, 0.3) is 11.8 Å². The van der Waals surface area contributed by atoms with Crippen molar-refractivity contribution in [2.45, 2.75) is 19.1 Å². The van der Waals surface area contributed by atoms with Gasteiger partial charge in [0.15, 0.2) is 0 Å². The number of hydrogen-bond donors (Lipinski definition) is 5. The molecule has 0 unspecified atom stereocenters. The number of β-amino-alcohol motifs (C(OH)–C–C–N with tert-alkyl or cyclic N) is 1. The number of hydroxylamine groups is 1. The second kappa shape index (κ2) is 10.5. The summed E-state index contributed by atoms with van der Waals surface area (Å²) >= 11 is 0. The molecule has 148 valence electrons. The highest BCUT2D eigenvalue weighted by Crippen LogP contribution is 2.12. The van der Waals surface area contributed by atoms with E-state index in [4.69, 9.17) is 10.3 Å². The molecule has 2 rings (SSSR count). The van der Waals surface area contributed by atoms with Crippen molar-refractivity contribution in [3.63, 3.8) is 0 Å². The number of benzene rings is 1. The molecule has 2 amide bonds. The molecule has 0 spiro atoms. The maximum absolute atomic E-state index is 12.2. The van der Waals surface area contributed by atoms with Crippen molar-refractivity contribution in [3.8, 4) is 23.7 Å². The largest absolute Gasteiger partial charge is 0.395 e. The van der Waals surface area contributed by atoms with Crippen LogP contribution in [-0.2, 0) is 4.79 Å². The molecule has 8 heteroatoms. The third kappa shape index (κ3) is 6.08. The molecule has 5 N–H and O–H groups in total. The maximum Gasteiger partial charge on any atom is 0.268 e. The van der Waals surface area contributed by atoms with Gasteiger partial charge in [-0.2, -0.15) is 0 Å². The van der Waals surface area contributed by atoms with E-state index >= 15 is 0 Å². The van der Waals surface area contributed by atoms with E-state index in [2.05, 4.69) is 33.9 Å². The van der Waals surface area contributed by atoms with Gasteiger partial charge < -0.3 is 15.5 Å². The summed E-state index contributed by atoms with van der Waals surface area (Å²) in [6.45, 7) is 3.85. The molecule has 1 saturated heterocycles. The van der Waals surface area contributed by atoms with Crippen LogP contribution in [0.3, 0.4) is 0 Å². The number of nitrogens with one attached hydrogen (secondary N) is 2. The number of aliphatic hydroxyl groups is 2. The Hall–Kier alpha value is -2.88. The summed E-state index contributed by atoms with van der Waals surface area (Å²) in [4.78, 5) is 25.8. The highest BCUT2D eigenvalue weighted by Gasteiger charge is 2.25. The highest BCUT2D eigenvalue weighted by atomic mass is 16.5. The molecule has 0 bridgehead atoms. The average Bonchev–Trinajstić information content (AvgIpc) is 2.66. The van der Waals surface area contributed by atoms with Gasteiger partial charge in [-0.25, -0.2) is 5.48 Å². The molecular formula is C20H23N3O5. The van der Waals surface area contributed by atoms with Gasteiger partial charge in [-0.1, -0.05) is 11.8 Å². The lowest BCUT2D eigenvalue weighted by atomic mass is 10.0. The van der Waals surface area contributed by atoms with Crippen LogP contribution >= 0.6 is 0 Å². The Bertz CT molecular complexity index is 808. The summed E-state index contributed by atoms with van der Waals surface area (Å²) in [6, 6.07) is 5.12. The Kier molecular flexibility index (Phi) is 8.00. The molecule has 2 atom stereocenters. The van der Waals surface area contributed by atoms with Crippen LogP contribution in [0.2, 0.25) is 0 Å². The van der Waals surface area contributed by atoms with Crippen molar-refractivity contribution in [1.82, 2.24) is 15.7 Å². The molecule has 1 aliphatic rings. The first kappa shape index (κ1) is 21.4. The van der Waals surface area contributed by atoms with Crippen molar-refractivity contribution >= 4 is 11.8 Å². The molecule has 1 aliphatic heterocycles. The molecule has 8 nitrogen and oxygen atoms in total. The minimum atomic E-state index is -1.27. The smallest absolute Gasteiger partial charge is 0.268 e. The zero-order chi connectivity index (χ0) is 20.5. The lowest BCUT2D eigenvalue weighted by molar-refractivity contribution is -0.133. The third-order valence-electron chi connectivity index (χ3n) is 4.23. The number of amides is 2. The van der Waals surface area contributed by atoms with E-state index in [1.807, 2.05) is 0 Å². The summed E-state index contributed by atoms with van der Waals surface area (Å²) in [7, 11) is 0. The van der Waals surface area contributed by atoms with E-state index in [1.165, 1.54) is 12.4 Å². The van der Waals surface area contributed by atoms with Crippen molar-refractivity contribution < 1.29 is 25.0 Å². The number of aliphatic hydroxyl groups excluding tert-OH is 2. The Morgan fingerprint density at radius 3 is 2.50 bits per heavy atom. The zero-order valence-corrected chi connectivity index (χ0v) is 15.5. The quantitative estimate of drug-likeness (QED) is 0.242. The Morgan fingerprint density at radius 2 is 1.93 bits per heavy atom. The fourth-order valence-electron chi connectivity index (χ4n) is 2.63. The minimum absolute atomic E-state index is 0.155. The Balaban J connectivity index is 1.90. The lowest BCUT2D eigenvalue weighted by Crippen LogP contribution is -2.51. The van der Waals surface area contributed by atoms with Crippen LogP contribution in [0.1, 0.15) is 22.8 Å². The highest BCUT2D eigenvalue weighted by molar-refractivity contribution is 5.97. The second-order valence-electron chi connectivity index (χ2n) is 6.44. The van der Waals surface area contributed by atoms with Gasteiger partial charge in [-0.05, 0) is 43.0 Å². The van der Waals surface area contributed by atoms with Crippen LogP contribution in [0.4, 0.5) is 0 Å². The number of carbonyl (C=O) groups is 2. The number of carbonyl (C=O) groups excluding carboxylic acids is 2. The molecule has 1 aromatic carbocycles. The number of hydrogen-bond acceptors (Lipinski definition) is 6. The van der Waals surface area contributed by atoms with Crippen molar-refractivity contribution in [2.24, 2.45) is 5.92 Å². The van der Waals surface area contributed by atoms with Gasteiger partial charge in [0.05, 0.1) is 12.7 Å². The lowest BCUT2D eigenvalue weighted by Gasteiger charge is -2.35. The standard InChI is InChI=1S/C20H23N3O5/c1-14(25)18(20(27)22-28)21-19(26)17-8-6-15(7-9-17)4-2-3-5-16-12-23(13-16)10-11-24/h6-9,14,16,18,24-25,28H,10-13H2,1H3,(H,21,26)(H,22,27)/t14-,18+/m1/s1. The number of nitrogens with zero attached hydrogens (tertiary/aromatic N) is 1. The Morgan fingerprint density at radius 1 is 1.25 bits per heavy atom. The van der Waals surface area contributed by atoms with E-state index in [-0.39, 0.29) is 18.1 Å². The van der Waals surface area contributed by atoms with Gasteiger partial charge in [0.1, 0.15) is 6.04 Å². The van der Waals surface area contributed by atoms with E-state index in [0.29, 0.717) is 12.1 Å². The first-order chi connectivity index (χ1) is 13.4. The van der Waals surface area contributed by atoms with Gasteiger partial charge >= 0.3 is 0 Å². The fourth-order valence-corrected chi connectivity index (χ4v) is 2.63. The monoisotopic (exact) mass is 385 g/mol. The van der Waals surface area contributed by atoms with Crippen LogP contribution in [0, 0.1) is 29.6 Å². The van der Waals surface area contributed by atoms with E-state index in [0.717, 1.165) is 13.1 Å². The van der Waals surface area contributed by atoms with Gasteiger partial charge in [-0.15, -0.1) is 0 Å². The van der Waals surface area contributed by atoms with Gasteiger partial charge in [-0.3, -0.25) is 19.7 Å². The van der Waals surface area contributed by atoms with Gasteiger partial charge in [0.2, 0.25) is 0 Å².